The highest BCUT2D eigenvalue weighted by Gasteiger charge is 2.35. The van der Waals surface area contributed by atoms with Crippen LogP contribution in [0.4, 0.5) is 13.2 Å². The van der Waals surface area contributed by atoms with Gasteiger partial charge in [-0.1, -0.05) is 0 Å². The first-order valence-corrected chi connectivity index (χ1v) is 6.83. The maximum absolute atomic E-state index is 12.6. The predicted molar refractivity (Wildman–Crippen MR) is 66.5 cm³/mol. The smallest absolute Gasteiger partial charge is 0.433 e. The van der Waals surface area contributed by atoms with Gasteiger partial charge in [0.2, 0.25) is 0 Å². The van der Waals surface area contributed by atoms with Crippen molar-refractivity contribution in [2.75, 3.05) is 13.2 Å². The minimum Gasteiger partial charge on any atom is -0.465 e. The number of alkyl halides is 3. The zero-order chi connectivity index (χ0) is 15.3. The monoisotopic (exact) mass is 306 g/mol. The lowest BCUT2D eigenvalue weighted by Crippen LogP contribution is -2.14. The minimum absolute atomic E-state index is 0.00516. The van der Waals surface area contributed by atoms with Gasteiger partial charge in [0, 0.05) is 25.0 Å². The number of carbonyl (C=O) groups excluding carboxylic acids is 1. The van der Waals surface area contributed by atoms with E-state index < -0.39 is 17.8 Å². The number of ether oxygens (including phenoxy) is 2. The highest BCUT2D eigenvalue weighted by molar-refractivity contribution is 5.69. The van der Waals surface area contributed by atoms with Crippen LogP contribution >= 0.6 is 0 Å². The lowest BCUT2D eigenvalue weighted by atomic mass is 10.1. The maximum atomic E-state index is 12.6. The van der Waals surface area contributed by atoms with Gasteiger partial charge in [-0.15, -0.1) is 0 Å². The fraction of sp³-hybridized carbons (Fsp3) is 0.692. The van der Waals surface area contributed by atoms with Crippen LogP contribution in [-0.2, 0) is 26.9 Å². The minimum atomic E-state index is -4.48. The average Bonchev–Trinajstić information content (AvgIpc) is 3.06. The van der Waals surface area contributed by atoms with Gasteiger partial charge in [-0.2, -0.15) is 18.3 Å². The summed E-state index contributed by atoms with van der Waals surface area (Å²) < 4.78 is 48.0. The number of aromatic amines is 1. The summed E-state index contributed by atoms with van der Waals surface area (Å²) in [4.78, 5) is 11.5. The molecule has 2 heterocycles. The molecule has 118 valence electrons. The fourth-order valence-corrected chi connectivity index (χ4v) is 2.24. The molecule has 1 fully saturated rings. The first kappa shape index (κ1) is 15.8. The average molecular weight is 306 g/mol. The lowest BCUT2D eigenvalue weighted by molar-refractivity contribution is -0.144. The SMILES string of the molecule is O=C(CCC1CCCO1)OCCc1cn[nH]c1C(F)(F)F. The second-order valence-electron chi connectivity index (χ2n) is 4.91. The van der Waals surface area contributed by atoms with Gasteiger partial charge in [0.1, 0.15) is 5.69 Å². The third-order valence-electron chi connectivity index (χ3n) is 3.33. The van der Waals surface area contributed by atoms with E-state index in [1.807, 2.05) is 5.10 Å². The Balaban J connectivity index is 1.69. The van der Waals surface area contributed by atoms with Crippen molar-refractivity contribution in [3.63, 3.8) is 0 Å². The Kier molecular flexibility index (Phi) is 5.22. The largest absolute Gasteiger partial charge is 0.465 e. The Morgan fingerprint density at radius 3 is 3.00 bits per heavy atom. The summed E-state index contributed by atoms with van der Waals surface area (Å²) in [7, 11) is 0. The number of hydrogen-bond donors (Lipinski definition) is 1. The van der Waals surface area contributed by atoms with Crippen molar-refractivity contribution in [2.24, 2.45) is 0 Å². The van der Waals surface area contributed by atoms with E-state index in [2.05, 4.69) is 5.10 Å². The van der Waals surface area contributed by atoms with Crippen LogP contribution in [0.1, 0.15) is 36.9 Å². The molecule has 5 nitrogen and oxygen atoms in total. The molecule has 0 bridgehead atoms. The van der Waals surface area contributed by atoms with Gasteiger partial charge >= 0.3 is 12.1 Å². The van der Waals surface area contributed by atoms with Crippen molar-refractivity contribution in [3.05, 3.63) is 17.5 Å². The van der Waals surface area contributed by atoms with Crippen molar-refractivity contribution in [3.8, 4) is 0 Å². The third kappa shape index (κ3) is 4.73. The highest BCUT2D eigenvalue weighted by Crippen LogP contribution is 2.30. The van der Waals surface area contributed by atoms with Crippen LogP contribution in [0.3, 0.4) is 0 Å². The van der Waals surface area contributed by atoms with Crippen LogP contribution in [0.5, 0.6) is 0 Å². The molecule has 1 aliphatic rings. The number of carbonyl (C=O) groups is 1. The molecular weight excluding hydrogens is 289 g/mol. The van der Waals surface area contributed by atoms with Gasteiger partial charge in [0.15, 0.2) is 0 Å². The molecule has 1 aromatic rings. The van der Waals surface area contributed by atoms with E-state index in [0.29, 0.717) is 6.42 Å². The normalized spacial score (nSPS) is 18.9. The summed E-state index contributed by atoms with van der Waals surface area (Å²) in [5.41, 5.74) is -0.896. The zero-order valence-electron chi connectivity index (χ0n) is 11.4. The molecule has 1 saturated heterocycles. The van der Waals surface area contributed by atoms with Crippen LogP contribution in [0, 0.1) is 0 Å². The standard InChI is InChI=1S/C13H17F3N2O3/c14-13(15,16)12-9(8-17-18-12)5-7-21-11(19)4-3-10-2-1-6-20-10/h8,10H,1-7H2,(H,17,18). The van der Waals surface area contributed by atoms with Gasteiger partial charge < -0.3 is 9.47 Å². The van der Waals surface area contributed by atoms with Crippen LogP contribution < -0.4 is 0 Å². The molecule has 0 saturated carbocycles. The molecule has 0 spiro atoms. The van der Waals surface area contributed by atoms with E-state index in [4.69, 9.17) is 9.47 Å². The van der Waals surface area contributed by atoms with E-state index in [-0.39, 0.29) is 31.1 Å². The summed E-state index contributed by atoms with van der Waals surface area (Å²) >= 11 is 0. The fourth-order valence-electron chi connectivity index (χ4n) is 2.24. The number of nitrogens with one attached hydrogen (secondary N) is 1. The highest BCUT2D eigenvalue weighted by atomic mass is 19.4. The molecule has 1 aromatic heterocycles. The number of hydrogen-bond acceptors (Lipinski definition) is 4. The summed E-state index contributed by atoms with van der Waals surface area (Å²) in [6, 6.07) is 0. The van der Waals surface area contributed by atoms with Gasteiger partial charge in [-0.05, 0) is 19.3 Å². The third-order valence-corrected chi connectivity index (χ3v) is 3.33. The first-order valence-electron chi connectivity index (χ1n) is 6.83. The molecule has 2 rings (SSSR count). The Labute approximate surface area is 119 Å². The van der Waals surface area contributed by atoms with Gasteiger partial charge in [0.25, 0.3) is 0 Å². The summed E-state index contributed by atoms with van der Waals surface area (Å²) in [6.07, 6.45) is -0.531. The number of H-pyrrole nitrogens is 1. The van der Waals surface area contributed by atoms with E-state index in [1.54, 1.807) is 0 Å². The predicted octanol–water partition coefficient (Wildman–Crippen LogP) is 2.47. The van der Waals surface area contributed by atoms with E-state index in [1.165, 1.54) is 0 Å². The Bertz CT molecular complexity index is 467. The number of nitrogens with zero attached hydrogens (tertiary/aromatic N) is 1. The summed E-state index contributed by atoms with van der Waals surface area (Å²) in [5, 5.41) is 5.29. The first-order chi connectivity index (χ1) is 9.97. The van der Waals surface area contributed by atoms with Crippen LogP contribution in [0.2, 0.25) is 0 Å². The molecule has 21 heavy (non-hydrogen) atoms. The molecule has 1 N–H and O–H groups in total. The maximum Gasteiger partial charge on any atom is 0.433 e. The molecule has 1 atom stereocenters. The molecule has 8 heteroatoms. The van der Waals surface area contributed by atoms with Crippen molar-refractivity contribution in [1.29, 1.82) is 0 Å². The Hall–Kier alpha value is -1.57. The second kappa shape index (κ2) is 6.93. The molecule has 0 radical (unpaired) electrons. The van der Waals surface area contributed by atoms with E-state index in [9.17, 15) is 18.0 Å². The van der Waals surface area contributed by atoms with Gasteiger partial charge in [-0.25, -0.2) is 0 Å². The molecular formula is C13H17F3N2O3. The van der Waals surface area contributed by atoms with Crippen molar-refractivity contribution in [1.82, 2.24) is 10.2 Å². The summed E-state index contributed by atoms with van der Waals surface area (Å²) in [6.45, 7) is 0.632. The number of aromatic nitrogens is 2. The molecule has 1 unspecified atom stereocenters. The topological polar surface area (TPSA) is 64.2 Å². The van der Waals surface area contributed by atoms with Crippen LogP contribution in [0.25, 0.3) is 0 Å². The second-order valence-corrected chi connectivity index (χ2v) is 4.91. The number of esters is 1. The van der Waals surface area contributed by atoms with Crippen molar-refractivity contribution >= 4 is 5.97 Å². The summed E-state index contributed by atoms with van der Waals surface area (Å²) in [5.74, 6) is -0.414. The lowest BCUT2D eigenvalue weighted by Gasteiger charge is -2.09. The number of rotatable bonds is 6. The zero-order valence-corrected chi connectivity index (χ0v) is 11.4. The Morgan fingerprint density at radius 1 is 1.52 bits per heavy atom. The van der Waals surface area contributed by atoms with Crippen LogP contribution in [0.15, 0.2) is 6.20 Å². The van der Waals surface area contributed by atoms with Crippen LogP contribution in [-0.4, -0.2) is 35.5 Å². The number of halogens is 3. The van der Waals surface area contributed by atoms with Crippen molar-refractivity contribution < 1.29 is 27.4 Å². The molecule has 1 aliphatic heterocycles. The molecule has 0 amide bonds. The van der Waals surface area contributed by atoms with E-state index in [0.717, 1.165) is 25.6 Å². The quantitative estimate of drug-likeness (QED) is 0.820. The van der Waals surface area contributed by atoms with Gasteiger partial charge in [0.05, 0.1) is 18.9 Å². The molecule has 0 aromatic carbocycles. The van der Waals surface area contributed by atoms with E-state index >= 15 is 0 Å². The van der Waals surface area contributed by atoms with Gasteiger partial charge in [-0.3, -0.25) is 9.89 Å². The van der Waals surface area contributed by atoms with Crippen molar-refractivity contribution in [2.45, 2.75) is 44.4 Å². The Morgan fingerprint density at radius 2 is 2.33 bits per heavy atom. The molecule has 0 aliphatic carbocycles.